The number of hydrogen-bond donors (Lipinski definition) is 2. The first-order valence-corrected chi connectivity index (χ1v) is 17.1. The molecule has 2 N–H and O–H groups in total. The van der Waals surface area contributed by atoms with Gasteiger partial charge in [0.2, 0.25) is 5.91 Å². The van der Waals surface area contributed by atoms with Crippen LogP contribution in [-0.4, -0.2) is 46.2 Å². The largest absolute Gasteiger partial charge is 0.461 e. The van der Waals surface area contributed by atoms with Gasteiger partial charge in [-0.2, -0.15) is 0 Å². The van der Waals surface area contributed by atoms with Gasteiger partial charge < -0.3 is 14.8 Å². The van der Waals surface area contributed by atoms with E-state index in [0.29, 0.717) is 12.0 Å². The van der Waals surface area contributed by atoms with Gasteiger partial charge in [0.05, 0.1) is 6.04 Å². The van der Waals surface area contributed by atoms with Crippen LogP contribution < -0.4 is 16.6 Å². The van der Waals surface area contributed by atoms with Gasteiger partial charge in [-0.05, 0) is 63.3 Å². The first kappa shape index (κ1) is 40.5. The van der Waals surface area contributed by atoms with Crippen LogP contribution in [0.15, 0.2) is 93.8 Å². The van der Waals surface area contributed by atoms with Crippen LogP contribution in [0.2, 0.25) is 0 Å². The summed E-state index contributed by atoms with van der Waals surface area (Å²) in [4.78, 5) is 54.7. The number of esters is 1. The number of nitrogens with zero attached hydrogens (tertiary/aromatic N) is 4. The molecule has 0 bridgehead atoms. The normalized spacial score (nSPS) is 18.9. The molecule has 0 spiro atoms. The molecule has 0 radical (unpaired) electrons. The molecule has 1 saturated heterocycles. The van der Waals surface area contributed by atoms with Crippen molar-refractivity contribution in [2.75, 3.05) is 6.61 Å². The number of hydrogen-bond acceptors (Lipinski definition) is 7. The molecule has 4 atom stereocenters. The van der Waals surface area contributed by atoms with E-state index in [1.165, 1.54) is 10.8 Å². The zero-order valence-electron chi connectivity index (χ0n) is 29.2. The third-order valence-corrected chi connectivity index (χ3v) is 7.62. The van der Waals surface area contributed by atoms with Crippen molar-refractivity contribution >= 4 is 11.9 Å². The Bertz CT molecular complexity index is 1530. The summed E-state index contributed by atoms with van der Waals surface area (Å²) in [6, 6.07) is -1.59. The van der Waals surface area contributed by atoms with Crippen LogP contribution in [0.4, 0.5) is 0 Å². The molecule has 2 rings (SSSR count). The fourth-order valence-electron chi connectivity index (χ4n) is 4.88. The molecule has 49 heavy (non-hydrogen) atoms. The van der Waals surface area contributed by atoms with Crippen LogP contribution in [0, 0.1) is 12.8 Å². The van der Waals surface area contributed by atoms with Gasteiger partial charge in [-0.15, -0.1) is 0 Å². The van der Waals surface area contributed by atoms with Gasteiger partial charge in [0.1, 0.15) is 25.0 Å². The minimum Gasteiger partial charge on any atom is -0.461 e. The number of rotatable bonds is 21. The van der Waals surface area contributed by atoms with Gasteiger partial charge in [0.25, 0.3) is 5.56 Å². The Morgan fingerprint density at radius 2 is 1.55 bits per heavy atom. The lowest BCUT2D eigenvalue weighted by Crippen LogP contribution is -2.46. The second kappa shape index (κ2) is 23.6. The van der Waals surface area contributed by atoms with Crippen molar-refractivity contribution < 1.29 is 19.1 Å². The summed E-state index contributed by atoms with van der Waals surface area (Å²) in [5.74, 6) is -1.15. The topological polar surface area (TPSA) is 168 Å². The maximum absolute atomic E-state index is 13.0. The first-order valence-electron chi connectivity index (χ1n) is 17.1. The number of ether oxygens (including phenoxy) is 2. The average molecular weight is 677 g/mol. The Balaban J connectivity index is 1.70. The molecule has 1 aliphatic heterocycles. The van der Waals surface area contributed by atoms with Crippen LogP contribution >= 0.6 is 0 Å². The molecule has 0 saturated carbocycles. The van der Waals surface area contributed by atoms with Gasteiger partial charge in [0, 0.05) is 29.5 Å². The molecule has 1 aliphatic rings. The molecule has 1 fully saturated rings. The van der Waals surface area contributed by atoms with Gasteiger partial charge in [-0.3, -0.25) is 19.1 Å². The highest BCUT2D eigenvalue weighted by Crippen LogP contribution is 2.30. The number of aryl methyl sites for hydroxylation is 1. The number of allylic oxidation sites excluding steroid dienone is 12. The summed E-state index contributed by atoms with van der Waals surface area (Å²) in [6.45, 7) is 7.04. The second-order valence-electron chi connectivity index (χ2n) is 12.0. The fourth-order valence-corrected chi connectivity index (χ4v) is 4.88. The predicted octanol–water partition coefficient (Wildman–Crippen LogP) is 6.97. The number of amides is 1. The molecule has 266 valence electrons. The zero-order valence-corrected chi connectivity index (χ0v) is 29.2. The maximum atomic E-state index is 13.0. The van der Waals surface area contributed by atoms with E-state index in [1.54, 1.807) is 20.8 Å². The van der Waals surface area contributed by atoms with Gasteiger partial charge in [0.15, 0.2) is 0 Å². The number of H-pyrrole nitrogens is 1. The summed E-state index contributed by atoms with van der Waals surface area (Å²) < 4.78 is 12.6. The Morgan fingerprint density at radius 1 is 1.00 bits per heavy atom. The molecule has 1 aromatic heterocycles. The zero-order chi connectivity index (χ0) is 35.9. The number of carbonyl (C=O) groups is 2. The average Bonchev–Trinajstić information content (AvgIpc) is 3.47. The summed E-state index contributed by atoms with van der Waals surface area (Å²) in [5.41, 5.74) is 8.16. The van der Waals surface area contributed by atoms with Crippen LogP contribution in [0.3, 0.4) is 0 Å². The van der Waals surface area contributed by atoms with Gasteiger partial charge in [-0.25, -0.2) is 9.59 Å². The summed E-state index contributed by atoms with van der Waals surface area (Å²) in [7, 11) is 0. The van der Waals surface area contributed by atoms with Crippen molar-refractivity contribution in [1.29, 1.82) is 0 Å². The molecule has 1 amide bonds. The Morgan fingerprint density at radius 3 is 2.08 bits per heavy atom. The number of aromatic nitrogens is 2. The van der Waals surface area contributed by atoms with E-state index in [4.69, 9.17) is 15.0 Å². The van der Waals surface area contributed by atoms with E-state index >= 15 is 0 Å². The smallest absolute Gasteiger partial charge is 0.330 e. The Hall–Kier alpha value is -4.67. The number of carbonyl (C=O) groups excluding carboxylic acids is 2. The van der Waals surface area contributed by atoms with Gasteiger partial charge in [-0.1, -0.05) is 98.8 Å². The molecule has 2 heterocycles. The van der Waals surface area contributed by atoms with Crippen molar-refractivity contribution in [3.63, 3.8) is 0 Å². The molecular weight excluding hydrogens is 624 g/mol. The van der Waals surface area contributed by atoms with Crippen molar-refractivity contribution in [3.05, 3.63) is 116 Å². The first-order chi connectivity index (χ1) is 23.7. The summed E-state index contributed by atoms with van der Waals surface area (Å²) in [5, 5.41) is 6.50. The van der Waals surface area contributed by atoms with Gasteiger partial charge >= 0.3 is 11.7 Å². The highest BCUT2D eigenvalue weighted by Gasteiger charge is 2.38. The Kier molecular flexibility index (Phi) is 19.5. The lowest BCUT2D eigenvalue weighted by molar-refractivity contribution is -0.153. The highest BCUT2D eigenvalue weighted by molar-refractivity contribution is 5.84. The third-order valence-electron chi connectivity index (χ3n) is 7.62. The van der Waals surface area contributed by atoms with E-state index in [0.717, 1.165) is 38.5 Å². The molecule has 0 aromatic carbocycles. The fraction of sp³-hybridized carbons (Fsp3) is 0.514. The van der Waals surface area contributed by atoms with Crippen LogP contribution in [-0.2, 0) is 19.1 Å². The number of azide groups is 1. The van der Waals surface area contributed by atoms with Crippen molar-refractivity contribution in [2.24, 2.45) is 11.0 Å². The minimum absolute atomic E-state index is 0.149. The quantitative estimate of drug-likeness (QED) is 0.0468. The predicted molar refractivity (Wildman–Crippen MR) is 193 cm³/mol. The highest BCUT2D eigenvalue weighted by atomic mass is 16.6. The third kappa shape index (κ3) is 15.9. The molecule has 1 unspecified atom stereocenters. The van der Waals surface area contributed by atoms with Crippen LogP contribution in [0.5, 0.6) is 0 Å². The standard InChI is InChI=1S/C37H52N6O6/c1-5-6-7-8-9-10-11-12-13-14-15-16-17-18-19-20-21-22-23-24-32(44)39-34(28(2)3)36(46)48-27-31-30(41-42-38)25-33(49-31)43-26-29(4)35(45)40-37(43)47/h6-7,9-10,12-13,15-16,18-19,21-22,26,28,30-31,33-34H,5,8,11,14,17,20,23-25,27H2,1-4H3,(H,39,44)(H,40,45,47)/b7-6-,10-9-,13-12-,16-15-,19-18-,22-21-/t30-,31+,33?,34-/m0/s1. The van der Waals surface area contributed by atoms with Crippen molar-refractivity contribution in [3.8, 4) is 0 Å². The van der Waals surface area contributed by atoms with E-state index in [2.05, 4.69) is 88.0 Å². The van der Waals surface area contributed by atoms with E-state index in [-0.39, 0.29) is 31.3 Å². The number of nitrogens with one attached hydrogen (secondary N) is 2. The molecular formula is C37H52N6O6. The lowest BCUT2D eigenvalue weighted by atomic mass is 10.0. The lowest BCUT2D eigenvalue weighted by Gasteiger charge is -2.22. The maximum Gasteiger partial charge on any atom is 0.330 e. The van der Waals surface area contributed by atoms with E-state index in [1.807, 2.05) is 12.2 Å². The van der Waals surface area contributed by atoms with E-state index in [9.17, 15) is 19.2 Å². The van der Waals surface area contributed by atoms with Crippen molar-refractivity contribution in [2.45, 2.75) is 110 Å². The SMILES string of the molecule is CC/C=C\C/C=C\C/C=C\C/C=C\C/C=C\C/C=C\CCC(=O)N[C@H](C(=O)OC[C@H]1OC(n2cc(C)c(=O)[nH]c2=O)C[C@@H]1N=[N+]=[N-])C(C)C. The minimum atomic E-state index is -0.877. The van der Waals surface area contributed by atoms with Crippen molar-refractivity contribution in [1.82, 2.24) is 14.9 Å². The molecule has 12 nitrogen and oxygen atoms in total. The van der Waals surface area contributed by atoms with Crippen LogP contribution in [0.1, 0.15) is 90.3 Å². The van der Waals surface area contributed by atoms with E-state index < -0.39 is 41.6 Å². The Labute approximate surface area is 289 Å². The molecule has 12 heteroatoms. The summed E-state index contributed by atoms with van der Waals surface area (Å²) in [6.07, 6.45) is 31.7. The van der Waals surface area contributed by atoms with Crippen LogP contribution in [0.25, 0.3) is 10.4 Å². The molecule has 1 aromatic rings. The number of aromatic amines is 1. The monoisotopic (exact) mass is 676 g/mol. The molecule has 0 aliphatic carbocycles. The summed E-state index contributed by atoms with van der Waals surface area (Å²) >= 11 is 0. The second-order valence-corrected chi connectivity index (χ2v) is 12.0.